The highest BCUT2D eigenvalue weighted by molar-refractivity contribution is 9.10. The Labute approximate surface area is 132 Å². The van der Waals surface area contributed by atoms with Crippen LogP contribution in [0.4, 0.5) is 4.39 Å². The summed E-state index contributed by atoms with van der Waals surface area (Å²) in [5.41, 5.74) is 2.21. The summed E-state index contributed by atoms with van der Waals surface area (Å²) in [4.78, 5) is 0. The van der Waals surface area contributed by atoms with Crippen LogP contribution in [-0.2, 0) is 6.42 Å². The molecule has 0 radical (unpaired) electrons. The number of likely N-dealkylation sites (N-methyl/N-ethyl adjacent to an activating group) is 1. The van der Waals surface area contributed by atoms with Crippen molar-refractivity contribution in [3.8, 4) is 0 Å². The zero-order valence-electron chi connectivity index (χ0n) is 11.2. The first-order valence-corrected chi connectivity index (χ1v) is 7.70. The Bertz CT molecular complexity index is 588. The van der Waals surface area contributed by atoms with Crippen molar-refractivity contribution in [2.45, 2.75) is 19.4 Å². The third-order valence-corrected chi connectivity index (χ3v) is 3.91. The van der Waals surface area contributed by atoms with Crippen molar-refractivity contribution >= 4 is 27.5 Å². The molecule has 0 saturated heterocycles. The summed E-state index contributed by atoms with van der Waals surface area (Å²) < 4.78 is 14.3. The number of halogens is 3. The van der Waals surface area contributed by atoms with Gasteiger partial charge < -0.3 is 5.32 Å². The summed E-state index contributed by atoms with van der Waals surface area (Å²) in [6, 6.07) is 13.3. The molecule has 2 rings (SSSR count). The first-order valence-electron chi connectivity index (χ1n) is 6.53. The van der Waals surface area contributed by atoms with Crippen molar-refractivity contribution in [1.29, 1.82) is 0 Å². The number of hydrogen-bond donors (Lipinski definition) is 1. The second-order valence-electron chi connectivity index (χ2n) is 4.62. The third-order valence-electron chi connectivity index (χ3n) is 3.13. The number of hydrogen-bond acceptors (Lipinski definition) is 1. The molecule has 106 valence electrons. The van der Waals surface area contributed by atoms with E-state index < -0.39 is 0 Å². The highest BCUT2D eigenvalue weighted by Gasteiger charge is 2.12. The monoisotopic (exact) mass is 355 g/mol. The van der Waals surface area contributed by atoms with Crippen molar-refractivity contribution in [2.75, 3.05) is 6.54 Å². The van der Waals surface area contributed by atoms with Gasteiger partial charge in [-0.2, -0.15) is 0 Å². The molecule has 0 aliphatic heterocycles. The molecular weight excluding hydrogens is 341 g/mol. The second-order valence-corrected chi connectivity index (χ2v) is 5.94. The fourth-order valence-corrected chi connectivity index (χ4v) is 2.80. The zero-order valence-corrected chi connectivity index (χ0v) is 13.5. The number of rotatable bonds is 5. The van der Waals surface area contributed by atoms with Crippen LogP contribution < -0.4 is 5.32 Å². The molecule has 1 unspecified atom stereocenters. The van der Waals surface area contributed by atoms with Crippen LogP contribution in [0.25, 0.3) is 0 Å². The molecule has 20 heavy (non-hydrogen) atoms. The molecule has 4 heteroatoms. The van der Waals surface area contributed by atoms with Gasteiger partial charge in [-0.1, -0.05) is 52.7 Å². The zero-order chi connectivity index (χ0) is 14.5. The van der Waals surface area contributed by atoms with Crippen LogP contribution in [0, 0.1) is 5.82 Å². The van der Waals surface area contributed by atoms with Gasteiger partial charge in [0.2, 0.25) is 0 Å². The summed E-state index contributed by atoms with van der Waals surface area (Å²) in [7, 11) is 0. The first-order chi connectivity index (χ1) is 9.60. The molecule has 0 aliphatic carbocycles. The van der Waals surface area contributed by atoms with E-state index in [0.29, 0.717) is 0 Å². The Morgan fingerprint density at radius 2 is 2.05 bits per heavy atom. The molecule has 1 N–H and O–H groups in total. The lowest BCUT2D eigenvalue weighted by Gasteiger charge is -2.19. The van der Waals surface area contributed by atoms with E-state index in [1.165, 1.54) is 11.6 Å². The Morgan fingerprint density at radius 3 is 2.70 bits per heavy atom. The van der Waals surface area contributed by atoms with Crippen LogP contribution >= 0.6 is 27.5 Å². The molecule has 1 atom stereocenters. The van der Waals surface area contributed by atoms with E-state index in [9.17, 15) is 4.39 Å². The van der Waals surface area contributed by atoms with Gasteiger partial charge in [-0.3, -0.25) is 0 Å². The summed E-state index contributed by atoms with van der Waals surface area (Å²) in [5, 5.41) is 3.62. The van der Waals surface area contributed by atoms with E-state index in [2.05, 4.69) is 40.3 Å². The predicted octanol–water partition coefficient (Wildman–Crippen LogP) is 5.13. The van der Waals surface area contributed by atoms with Gasteiger partial charge in [0.15, 0.2) is 0 Å². The highest BCUT2D eigenvalue weighted by Crippen LogP contribution is 2.24. The molecular formula is C16H16BrClFN. The van der Waals surface area contributed by atoms with Crippen LogP contribution in [0.5, 0.6) is 0 Å². The maximum atomic E-state index is 13.2. The average Bonchev–Trinajstić information content (AvgIpc) is 2.42. The van der Waals surface area contributed by atoms with E-state index >= 15 is 0 Å². The van der Waals surface area contributed by atoms with E-state index in [4.69, 9.17) is 11.6 Å². The van der Waals surface area contributed by atoms with Gasteiger partial charge in [0, 0.05) is 10.5 Å². The van der Waals surface area contributed by atoms with Crippen LogP contribution in [0.15, 0.2) is 46.9 Å². The SMILES string of the molecule is CCNC(Cc1ccc(F)c(Cl)c1)c1cccc(Br)c1. The molecule has 0 heterocycles. The molecule has 2 aromatic carbocycles. The highest BCUT2D eigenvalue weighted by atomic mass is 79.9. The van der Waals surface area contributed by atoms with Gasteiger partial charge in [-0.25, -0.2) is 4.39 Å². The van der Waals surface area contributed by atoms with Crippen LogP contribution in [-0.4, -0.2) is 6.54 Å². The van der Waals surface area contributed by atoms with Crippen LogP contribution in [0.2, 0.25) is 5.02 Å². The molecule has 0 fully saturated rings. The average molecular weight is 357 g/mol. The molecule has 0 amide bonds. The fourth-order valence-electron chi connectivity index (χ4n) is 2.18. The third kappa shape index (κ3) is 4.05. The minimum Gasteiger partial charge on any atom is -0.310 e. The Hall–Kier alpha value is -0.900. The van der Waals surface area contributed by atoms with Gasteiger partial charge in [0.05, 0.1) is 5.02 Å². The molecule has 0 aliphatic rings. The predicted molar refractivity (Wildman–Crippen MR) is 85.7 cm³/mol. The van der Waals surface area contributed by atoms with Gasteiger partial charge in [-0.15, -0.1) is 0 Å². The molecule has 0 bridgehead atoms. The minimum absolute atomic E-state index is 0.173. The quantitative estimate of drug-likeness (QED) is 0.782. The number of benzene rings is 2. The van der Waals surface area contributed by atoms with E-state index in [1.807, 2.05) is 12.1 Å². The molecule has 0 spiro atoms. The molecule has 0 saturated carbocycles. The first kappa shape index (κ1) is 15.5. The molecule has 1 nitrogen and oxygen atoms in total. The molecule has 0 aromatic heterocycles. The van der Waals surface area contributed by atoms with Gasteiger partial charge in [0.25, 0.3) is 0 Å². The topological polar surface area (TPSA) is 12.0 Å². The largest absolute Gasteiger partial charge is 0.310 e. The maximum absolute atomic E-state index is 13.2. The summed E-state index contributed by atoms with van der Waals surface area (Å²) >= 11 is 9.33. The van der Waals surface area contributed by atoms with Crippen LogP contribution in [0.1, 0.15) is 24.1 Å². The summed E-state index contributed by atoms with van der Waals surface area (Å²) in [6.07, 6.45) is 0.768. The van der Waals surface area contributed by atoms with Crippen LogP contribution in [0.3, 0.4) is 0 Å². The number of nitrogens with one attached hydrogen (secondary N) is 1. The minimum atomic E-state index is -0.377. The lowest BCUT2D eigenvalue weighted by molar-refractivity contribution is 0.548. The van der Waals surface area contributed by atoms with Gasteiger partial charge >= 0.3 is 0 Å². The fraction of sp³-hybridized carbons (Fsp3) is 0.250. The van der Waals surface area contributed by atoms with Gasteiger partial charge in [0.1, 0.15) is 5.82 Å². The Morgan fingerprint density at radius 1 is 1.25 bits per heavy atom. The lowest BCUT2D eigenvalue weighted by atomic mass is 9.99. The molecule has 2 aromatic rings. The lowest BCUT2D eigenvalue weighted by Crippen LogP contribution is -2.23. The van der Waals surface area contributed by atoms with Crippen molar-refractivity contribution < 1.29 is 4.39 Å². The van der Waals surface area contributed by atoms with Crippen molar-refractivity contribution in [3.05, 3.63) is 68.9 Å². The van der Waals surface area contributed by atoms with Crippen molar-refractivity contribution in [2.24, 2.45) is 0 Å². The second kappa shape index (κ2) is 7.21. The van der Waals surface area contributed by atoms with E-state index in [0.717, 1.165) is 23.0 Å². The summed E-state index contributed by atoms with van der Waals surface area (Å²) in [5.74, 6) is -0.377. The van der Waals surface area contributed by atoms with Crippen molar-refractivity contribution in [1.82, 2.24) is 5.32 Å². The smallest absolute Gasteiger partial charge is 0.141 e. The maximum Gasteiger partial charge on any atom is 0.141 e. The standard InChI is InChI=1S/C16H16BrClFN/c1-2-20-16(12-4-3-5-13(17)10-12)9-11-6-7-15(19)14(18)8-11/h3-8,10,16,20H,2,9H2,1H3. The Balaban J connectivity index is 2.22. The summed E-state index contributed by atoms with van der Waals surface area (Å²) in [6.45, 7) is 2.94. The van der Waals surface area contributed by atoms with E-state index in [1.54, 1.807) is 12.1 Å². The van der Waals surface area contributed by atoms with Gasteiger partial charge in [-0.05, 0) is 48.4 Å². The van der Waals surface area contributed by atoms with E-state index in [-0.39, 0.29) is 16.9 Å². The normalized spacial score (nSPS) is 12.4. The van der Waals surface area contributed by atoms with Crippen molar-refractivity contribution in [3.63, 3.8) is 0 Å². The Kier molecular flexibility index (Phi) is 5.58.